The fourth-order valence-corrected chi connectivity index (χ4v) is 16.3. The molecule has 0 amide bonds. The molecule has 9 rings (SSSR count). The number of fused-ring (bicyclic) bond motifs is 10. The number of allylic oxidation sites excluding steroid dienone is 2. The summed E-state index contributed by atoms with van der Waals surface area (Å²) in [5.41, 5.74) is 1.52. The predicted octanol–water partition coefficient (Wildman–Crippen LogP) is 9.53. The fraction of sp³-hybridized carbons (Fsp3) is 0.886. The quantitative estimate of drug-likeness (QED) is 0.269. The van der Waals surface area contributed by atoms with Crippen LogP contribution in [0, 0.1) is 69.0 Å². The zero-order valence-corrected chi connectivity index (χ0v) is 32.0. The van der Waals surface area contributed by atoms with Crippen LogP contribution >= 0.6 is 0 Å². The molecular formula is C44H64O6. The van der Waals surface area contributed by atoms with E-state index in [0.717, 1.165) is 69.6 Å². The van der Waals surface area contributed by atoms with Crippen molar-refractivity contribution < 1.29 is 28.6 Å². The Morgan fingerprint density at radius 1 is 0.620 bits per heavy atom. The molecule has 0 unspecified atom stereocenters. The lowest BCUT2D eigenvalue weighted by Gasteiger charge is -2.63. The van der Waals surface area contributed by atoms with Crippen molar-refractivity contribution in [3.05, 3.63) is 11.3 Å². The second-order valence-electron chi connectivity index (χ2n) is 20.6. The van der Waals surface area contributed by atoms with E-state index in [1.807, 2.05) is 0 Å². The molecular weight excluding hydrogens is 624 g/mol. The van der Waals surface area contributed by atoms with E-state index in [1.165, 1.54) is 62.7 Å². The highest BCUT2D eigenvalue weighted by Crippen LogP contribution is 2.70. The Hall–Kier alpha value is -1.85. The SMILES string of the molecule is CC(=O)O[C@@H]1CC[C@@H]2[C@@H]3CC[C@@H]4CC(=O)[C@]5(CCC6=C(C[C@@H]7CC[C@@H]8[C@H](CC[C@]9(C)[C@H](OC(C)=O)CC[C@@H]89)[C@@]7(C)C6)O5)C[C@]4(C)[C@@H]3CC[C@@]21C. The van der Waals surface area contributed by atoms with Gasteiger partial charge in [0.25, 0.3) is 0 Å². The van der Waals surface area contributed by atoms with Gasteiger partial charge in [0.05, 0.1) is 5.76 Å². The van der Waals surface area contributed by atoms with Crippen LogP contribution in [0.2, 0.25) is 0 Å². The summed E-state index contributed by atoms with van der Waals surface area (Å²) >= 11 is 0. The summed E-state index contributed by atoms with van der Waals surface area (Å²) in [5.74, 6) is 6.45. The molecule has 0 aromatic rings. The molecule has 0 saturated heterocycles. The lowest BCUT2D eigenvalue weighted by atomic mass is 9.43. The second kappa shape index (κ2) is 11.3. The van der Waals surface area contributed by atoms with Gasteiger partial charge in [-0.25, -0.2) is 0 Å². The smallest absolute Gasteiger partial charge is 0.302 e. The molecule has 0 radical (unpaired) electrons. The maximum absolute atomic E-state index is 14.3. The number of carbonyl (C=O) groups is 3. The summed E-state index contributed by atoms with van der Waals surface area (Å²) in [6, 6.07) is 0. The van der Waals surface area contributed by atoms with E-state index in [-0.39, 0.29) is 40.4 Å². The van der Waals surface area contributed by atoms with Crippen LogP contribution in [0.25, 0.3) is 0 Å². The predicted molar refractivity (Wildman–Crippen MR) is 190 cm³/mol. The first kappa shape index (κ1) is 34.0. The van der Waals surface area contributed by atoms with Crippen LogP contribution < -0.4 is 0 Å². The second-order valence-corrected chi connectivity index (χ2v) is 20.6. The molecule has 15 atom stereocenters. The first-order chi connectivity index (χ1) is 23.7. The molecule has 7 saturated carbocycles. The van der Waals surface area contributed by atoms with Crippen LogP contribution in [0.15, 0.2) is 11.3 Å². The lowest BCUT2D eigenvalue weighted by molar-refractivity contribution is -0.188. The topological polar surface area (TPSA) is 78.9 Å². The van der Waals surface area contributed by atoms with E-state index in [2.05, 4.69) is 27.7 Å². The number of carbonyl (C=O) groups excluding carboxylic acids is 3. The third-order valence-corrected chi connectivity index (χ3v) is 18.7. The highest BCUT2D eigenvalue weighted by Gasteiger charge is 2.66. The molecule has 6 heteroatoms. The number of esters is 2. The van der Waals surface area contributed by atoms with E-state index in [0.29, 0.717) is 53.1 Å². The molecule has 6 nitrogen and oxygen atoms in total. The van der Waals surface area contributed by atoms with Crippen molar-refractivity contribution in [1.29, 1.82) is 0 Å². The Bertz CT molecular complexity index is 1500. The van der Waals surface area contributed by atoms with Gasteiger partial charge in [-0.3, -0.25) is 14.4 Å². The molecule has 0 aromatic heterocycles. The Morgan fingerprint density at radius 2 is 1.14 bits per heavy atom. The first-order valence-electron chi connectivity index (χ1n) is 21.0. The number of rotatable bonds is 2. The van der Waals surface area contributed by atoms with Gasteiger partial charge in [-0.1, -0.05) is 27.7 Å². The minimum absolute atomic E-state index is 0.0591. The van der Waals surface area contributed by atoms with Crippen molar-refractivity contribution in [2.24, 2.45) is 69.0 Å². The largest absolute Gasteiger partial charge is 0.484 e. The lowest BCUT2D eigenvalue weighted by Crippen LogP contribution is -2.61. The van der Waals surface area contributed by atoms with Crippen molar-refractivity contribution in [1.82, 2.24) is 0 Å². The molecule has 50 heavy (non-hydrogen) atoms. The van der Waals surface area contributed by atoms with Crippen LogP contribution in [0.4, 0.5) is 0 Å². The van der Waals surface area contributed by atoms with Gasteiger partial charge in [0.15, 0.2) is 11.4 Å². The summed E-state index contributed by atoms with van der Waals surface area (Å²) in [6.45, 7) is 13.2. The third kappa shape index (κ3) is 4.66. The van der Waals surface area contributed by atoms with Crippen LogP contribution in [-0.4, -0.2) is 35.5 Å². The molecule has 8 aliphatic carbocycles. The van der Waals surface area contributed by atoms with Gasteiger partial charge >= 0.3 is 11.9 Å². The molecule has 1 aliphatic heterocycles. The highest BCUT2D eigenvalue weighted by atomic mass is 16.5. The summed E-state index contributed by atoms with van der Waals surface area (Å²) in [5, 5.41) is 0. The fourth-order valence-electron chi connectivity index (χ4n) is 16.3. The normalized spacial score (nSPS) is 53.4. The highest BCUT2D eigenvalue weighted by molar-refractivity contribution is 5.89. The Kier molecular flexibility index (Phi) is 7.69. The number of ketones is 1. The molecule has 0 aromatic carbocycles. The molecule has 0 N–H and O–H groups in total. The maximum Gasteiger partial charge on any atom is 0.302 e. The van der Waals surface area contributed by atoms with Crippen molar-refractivity contribution in [3.63, 3.8) is 0 Å². The van der Waals surface area contributed by atoms with Gasteiger partial charge < -0.3 is 14.2 Å². The van der Waals surface area contributed by atoms with Crippen molar-refractivity contribution in [2.45, 2.75) is 175 Å². The van der Waals surface area contributed by atoms with Gasteiger partial charge in [-0.15, -0.1) is 0 Å². The van der Waals surface area contributed by atoms with Crippen LogP contribution in [0.1, 0.15) is 157 Å². The van der Waals surface area contributed by atoms with Crippen LogP contribution in [-0.2, 0) is 28.6 Å². The van der Waals surface area contributed by atoms with E-state index in [9.17, 15) is 14.4 Å². The zero-order valence-electron chi connectivity index (χ0n) is 32.0. The van der Waals surface area contributed by atoms with E-state index in [4.69, 9.17) is 14.2 Å². The van der Waals surface area contributed by atoms with Crippen molar-refractivity contribution in [3.8, 4) is 0 Å². The molecule has 7 fully saturated rings. The summed E-state index contributed by atoms with van der Waals surface area (Å²) in [7, 11) is 0. The van der Waals surface area contributed by atoms with Gasteiger partial charge in [-0.2, -0.15) is 0 Å². The molecule has 276 valence electrons. The maximum atomic E-state index is 14.3. The minimum Gasteiger partial charge on any atom is -0.484 e. The molecule has 1 spiro atoms. The molecule has 0 bridgehead atoms. The molecule has 1 heterocycles. The van der Waals surface area contributed by atoms with E-state index in [1.54, 1.807) is 13.8 Å². The minimum atomic E-state index is -0.643. The van der Waals surface area contributed by atoms with Gasteiger partial charge in [0, 0.05) is 43.9 Å². The van der Waals surface area contributed by atoms with Gasteiger partial charge in [0.1, 0.15) is 12.2 Å². The number of ether oxygens (including phenoxy) is 3. The number of hydrogen-bond acceptors (Lipinski definition) is 6. The molecule has 9 aliphatic rings. The van der Waals surface area contributed by atoms with Crippen LogP contribution in [0.5, 0.6) is 0 Å². The number of Topliss-reactive ketones (excluding diaryl/α,β-unsaturated/α-hetero) is 1. The third-order valence-electron chi connectivity index (χ3n) is 18.7. The van der Waals surface area contributed by atoms with Crippen molar-refractivity contribution >= 4 is 17.7 Å². The monoisotopic (exact) mass is 688 g/mol. The van der Waals surface area contributed by atoms with Gasteiger partial charge in [0.2, 0.25) is 0 Å². The first-order valence-corrected chi connectivity index (χ1v) is 21.0. The van der Waals surface area contributed by atoms with E-state index < -0.39 is 5.60 Å². The summed E-state index contributed by atoms with van der Waals surface area (Å²) in [6.07, 6.45) is 19.8. The number of hydrogen-bond donors (Lipinski definition) is 0. The van der Waals surface area contributed by atoms with Crippen LogP contribution in [0.3, 0.4) is 0 Å². The van der Waals surface area contributed by atoms with E-state index >= 15 is 0 Å². The summed E-state index contributed by atoms with van der Waals surface area (Å²) < 4.78 is 19.2. The Morgan fingerprint density at radius 3 is 1.70 bits per heavy atom. The average Bonchev–Trinajstić information content (AvgIpc) is 3.56. The van der Waals surface area contributed by atoms with Gasteiger partial charge in [-0.05, 0) is 160 Å². The van der Waals surface area contributed by atoms with Crippen molar-refractivity contribution in [2.75, 3.05) is 0 Å². The zero-order chi connectivity index (χ0) is 35.0. The Labute approximate surface area is 301 Å². The summed E-state index contributed by atoms with van der Waals surface area (Å²) in [4.78, 5) is 38.3. The standard InChI is InChI=1S/C44H64O6/c1-25(45)48-38-13-11-32-30-9-7-28-21-36-27(23-42(28,5)34(30)16-18-40(32,38)3)15-20-44(50-36)24-43(6)29(22-37(44)47)8-10-31-33-12-14-39(49-26(2)46)41(33,4)19-17-35(31)43/h28-35,38-39H,7-24H2,1-6H3/t28-,29+,30-,31-,32-,33+,34-,35+,38+,39+,40-,41-,42-,43-,44-/m0/s1. The Balaban J connectivity index is 0.940. The average molecular weight is 689 g/mol.